The van der Waals surface area contributed by atoms with E-state index in [1.165, 1.54) is 16.4 Å². The Hall–Kier alpha value is -4.14. The number of hydrogen-bond donors (Lipinski definition) is 4. The molecule has 4 rings (SSSR count). The summed E-state index contributed by atoms with van der Waals surface area (Å²) < 4.78 is 7.61. The van der Waals surface area contributed by atoms with Gasteiger partial charge in [0.15, 0.2) is 5.69 Å². The number of amides is 1. The summed E-state index contributed by atoms with van der Waals surface area (Å²) in [6.45, 7) is 1.75. The Morgan fingerprint density at radius 1 is 1.39 bits per heavy atom. The molecule has 4 aromatic rings. The number of nitrogen functional groups attached to an aromatic ring is 2. The van der Waals surface area contributed by atoms with Crippen molar-refractivity contribution in [3.8, 4) is 5.82 Å². The lowest BCUT2D eigenvalue weighted by atomic mass is 10.2. The fourth-order valence-corrected chi connectivity index (χ4v) is 3.59. The molecule has 0 aliphatic carbocycles. The first kappa shape index (κ1) is 20.1. The lowest BCUT2D eigenvalue weighted by Gasteiger charge is -2.16. The fourth-order valence-electron chi connectivity index (χ4n) is 2.56. The lowest BCUT2D eigenvalue weighted by Crippen LogP contribution is -2.21. The number of H-pyrrole nitrogens is 1. The van der Waals surface area contributed by atoms with Gasteiger partial charge in [-0.1, -0.05) is 23.0 Å². The number of aromatic nitrogens is 8. The van der Waals surface area contributed by atoms with E-state index in [2.05, 4.69) is 45.9 Å². The number of aryl methyl sites for hydroxylation is 1. The molecule has 31 heavy (non-hydrogen) atoms. The third-order valence-corrected chi connectivity index (χ3v) is 5.30. The number of hydrogen-bond acceptors (Lipinski definition) is 11. The first-order valence-electron chi connectivity index (χ1n) is 8.86. The van der Waals surface area contributed by atoms with E-state index in [1.807, 2.05) is 6.07 Å². The van der Waals surface area contributed by atoms with Crippen LogP contribution >= 0.6 is 11.8 Å². The van der Waals surface area contributed by atoms with Crippen molar-refractivity contribution in [1.29, 1.82) is 0 Å². The number of thioether (sulfide) groups is 1. The second-order valence-electron chi connectivity index (χ2n) is 6.32. The van der Waals surface area contributed by atoms with Gasteiger partial charge in [0, 0.05) is 30.8 Å². The Labute approximate surface area is 179 Å². The number of rotatable bonds is 7. The van der Waals surface area contributed by atoms with E-state index in [0.29, 0.717) is 17.2 Å². The Morgan fingerprint density at radius 2 is 2.23 bits per heavy atom. The van der Waals surface area contributed by atoms with E-state index in [9.17, 15) is 4.79 Å². The van der Waals surface area contributed by atoms with Crippen LogP contribution in [0.1, 0.15) is 28.7 Å². The monoisotopic (exact) mass is 442 g/mol. The zero-order chi connectivity index (χ0) is 22.0. The van der Waals surface area contributed by atoms with E-state index >= 15 is 0 Å². The summed E-state index contributed by atoms with van der Waals surface area (Å²) in [5, 5.41) is 23.2. The van der Waals surface area contributed by atoms with Crippen LogP contribution in [0.4, 0.5) is 11.6 Å². The molecule has 14 nitrogen and oxygen atoms in total. The predicted molar refractivity (Wildman–Crippen MR) is 111 cm³/mol. The zero-order valence-corrected chi connectivity index (χ0v) is 17.3. The van der Waals surface area contributed by atoms with Gasteiger partial charge in [-0.25, -0.2) is 10.1 Å². The van der Waals surface area contributed by atoms with Crippen molar-refractivity contribution in [3.05, 3.63) is 41.5 Å². The summed E-state index contributed by atoms with van der Waals surface area (Å²) in [7, 11) is 1.79. The van der Waals surface area contributed by atoms with Gasteiger partial charge in [0.2, 0.25) is 11.6 Å². The number of nitrogens with two attached hydrogens (primary N) is 2. The Bertz CT molecular complexity index is 1230. The third kappa shape index (κ3) is 3.97. The summed E-state index contributed by atoms with van der Waals surface area (Å²) in [5.41, 5.74) is 16.0. The van der Waals surface area contributed by atoms with Crippen LogP contribution in [-0.2, 0) is 12.8 Å². The van der Waals surface area contributed by atoms with Crippen LogP contribution in [-0.4, -0.2) is 51.7 Å². The third-order valence-electron chi connectivity index (χ3n) is 4.30. The maximum atomic E-state index is 12.8. The number of nitrogens with zero attached hydrogens (tertiary/aromatic N) is 8. The smallest absolute Gasteiger partial charge is 0.293 e. The van der Waals surface area contributed by atoms with Crippen LogP contribution in [0, 0.1) is 0 Å². The highest BCUT2D eigenvalue weighted by molar-refractivity contribution is 7.98. The highest BCUT2D eigenvalue weighted by Crippen LogP contribution is 2.29. The molecule has 6 N–H and O–H groups in total. The van der Waals surface area contributed by atoms with Crippen LogP contribution in [0.3, 0.4) is 0 Å². The first-order valence-corrected chi connectivity index (χ1v) is 9.85. The predicted octanol–water partition coefficient (Wildman–Crippen LogP) is 0.323. The van der Waals surface area contributed by atoms with Crippen molar-refractivity contribution in [1.82, 2.24) is 45.5 Å². The summed E-state index contributed by atoms with van der Waals surface area (Å²) in [6.07, 6.45) is 3.30. The number of carbonyl (C=O) groups excluding carboxylic acids is 1. The fraction of sp³-hybridized carbons (Fsp3) is 0.188. The highest BCUT2D eigenvalue weighted by Gasteiger charge is 2.25. The Balaban J connectivity index is 1.60. The molecule has 4 aromatic heterocycles. The number of pyridine rings is 1. The van der Waals surface area contributed by atoms with Gasteiger partial charge >= 0.3 is 0 Å². The SMILES string of the molecule is C/C(=N\NC(=O)c1nnn(-c2nonc2N)c1CSc1[nH]n(C)c1N)c1cccnc1. The minimum absolute atomic E-state index is 0.00813. The van der Waals surface area contributed by atoms with Crippen LogP contribution in [0.15, 0.2) is 39.3 Å². The molecule has 4 heterocycles. The summed E-state index contributed by atoms with van der Waals surface area (Å²) in [6, 6.07) is 3.61. The van der Waals surface area contributed by atoms with E-state index in [0.717, 1.165) is 10.6 Å². The molecule has 160 valence electrons. The van der Waals surface area contributed by atoms with Gasteiger partial charge in [0.1, 0.15) is 10.8 Å². The van der Waals surface area contributed by atoms with Gasteiger partial charge in [-0.2, -0.15) is 9.78 Å². The molecule has 0 aromatic carbocycles. The quantitative estimate of drug-likeness (QED) is 0.176. The molecule has 0 atom stereocenters. The molecule has 15 heteroatoms. The van der Waals surface area contributed by atoms with E-state index in [-0.39, 0.29) is 23.1 Å². The molecule has 0 saturated carbocycles. The van der Waals surface area contributed by atoms with Crippen LogP contribution in [0.25, 0.3) is 5.82 Å². The Kier molecular flexibility index (Phi) is 5.40. The van der Waals surface area contributed by atoms with Crippen LogP contribution in [0.2, 0.25) is 0 Å². The molecular formula is C16H18N12O2S. The molecule has 1 amide bonds. The average molecular weight is 442 g/mol. The van der Waals surface area contributed by atoms with E-state index in [1.54, 1.807) is 37.1 Å². The number of nitrogens with one attached hydrogen (secondary N) is 2. The number of carbonyl (C=O) groups is 1. The second-order valence-corrected chi connectivity index (χ2v) is 7.31. The molecule has 0 unspecified atom stereocenters. The highest BCUT2D eigenvalue weighted by atomic mass is 32.2. The van der Waals surface area contributed by atoms with Crippen LogP contribution < -0.4 is 16.9 Å². The van der Waals surface area contributed by atoms with Crippen LogP contribution in [0.5, 0.6) is 0 Å². The molecule has 0 bridgehead atoms. The van der Waals surface area contributed by atoms with Crippen molar-refractivity contribution >= 4 is 35.0 Å². The van der Waals surface area contributed by atoms with Gasteiger partial charge in [-0.15, -0.1) is 5.10 Å². The standard InChI is InChI=1S/C16H18N12O2S/c1-8(9-4-3-5-19-6-9)20-22-15(29)11-10(7-31-16-13(18)27(2)23-16)28(26-21-11)14-12(17)24-30-25-14/h3-6,23H,7,18H2,1-2H3,(H2,17,24)(H,22,29)/b20-8+. The van der Waals surface area contributed by atoms with Gasteiger partial charge in [-0.3, -0.25) is 19.6 Å². The number of aromatic amines is 1. The van der Waals surface area contributed by atoms with Gasteiger partial charge < -0.3 is 11.5 Å². The molecular weight excluding hydrogens is 424 g/mol. The molecule has 0 radical (unpaired) electrons. The largest absolute Gasteiger partial charge is 0.382 e. The topological polar surface area (TPSA) is 197 Å². The van der Waals surface area contributed by atoms with Crippen molar-refractivity contribution < 1.29 is 9.42 Å². The molecule has 0 fully saturated rings. The second kappa shape index (κ2) is 8.31. The van der Waals surface area contributed by atoms with Crippen molar-refractivity contribution in [2.24, 2.45) is 12.1 Å². The van der Waals surface area contributed by atoms with Gasteiger partial charge in [0.25, 0.3) is 5.91 Å². The van der Waals surface area contributed by atoms with Crippen molar-refractivity contribution in [2.45, 2.75) is 17.7 Å². The normalized spacial score (nSPS) is 11.7. The summed E-state index contributed by atoms with van der Waals surface area (Å²) >= 11 is 1.36. The van der Waals surface area contributed by atoms with Crippen molar-refractivity contribution in [3.63, 3.8) is 0 Å². The maximum Gasteiger partial charge on any atom is 0.293 e. The summed E-state index contributed by atoms with van der Waals surface area (Å²) in [5.74, 6) is 0.436. The Morgan fingerprint density at radius 3 is 2.87 bits per heavy atom. The minimum atomic E-state index is -0.555. The lowest BCUT2D eigenvalue weighted by molar-refractivity contribution is 0.0949. The van der Waals surface area contributed by atoms with Gasteiger partial charge in [-0.05, 0) is 23.3 Å². The zero-order valence-electron chi connectivity index (χ0n) is 16.5. The summed E-state index contributed by atoms with van der Waals surface area (Å²) in [4.78, 5) is 16.8. The first-order chi connectivity index (χ1) is 15.0. The molecule has 0 spiro atoms. The number of hydrazone groups is 1. The maximum absolute atomic E-state index is 12.8. The van der Waals surface area contributed by atoms with Gasteiger partial charge in [0.05, 0.1) is 11.4 Å². The molecule has 0 saturated heterocycles. The number of anilines is 2. The molecule has 0 aliphatic rings. The molecule has 0 aliphatic heterocycles. The minimum Gasteiger partial charge on any atom is -0.382 e. The van der Waals surface area contributed by atoms with E-state index in [4.69, 9.17) is 11.5 Å². The average Bonchev–Trinajstić information content (AvgIpc) is 3.40. The van der Waals surface area contributed by atoms with Crippen molar-refractivity contribution in [2.75, 3.05) is 11.5 Å². The van der Waals surface area contributed by atoms with E-state index < -0.39 is 5.91 Å².